The van der Waals surface area contributed by atoms with Crippen LogP contribution in [0.1, 0.15) is 86.0 Å². The Morgan fingerprint density at radius 2 is 1.77 bits per heavy atom. The molecule has 5 heteroatoms. The minimum absolute atomic E-state index is 0.181. The van der Waals surface area contributed by atoms with Crippen LogP contribution in [0, 0.1) is 17.3 Å². The third-order valence-electron chi connectivity index (χ3n) is 8.49. The standard InChI is InChI=1S/C26H44O5/c1-17(31-14-13-24(2,3)29)20-10-11-21-19(7-6-12-25(20,21)4)9-8-18-15-22(27)26(5,30)23(28)16-18/h8-9,17,20-23,27-30H,6-7,10-16H2,1-5H3/t17-,20?,21?,22-,23-,25?,26?/m1/s1. The van der Waals surface area contributed by atoms with E-state index in [2.05, 4.69) is 26.0 Å². The first kappa shape index (κ1) is 24.9. The van der Waals surface area contributed by atoms with Gasteiger partial charge in [-0.15, -0.1) is 0 Å². The van der Waals surface area contributed by atoms with Gasteiger partial charge in [0.1, 0.15) is 5.60 Å². The van der Waals surface area contributed by atoms with E-state index in [4.69, 9.17) is 4.74 Å². The fraction of sp³-hybridized carbons (Fsp3) is 0.846. The van der Waals surface area contributed by atoms with Crippen molar-refractivity contribution in [2.24, 2.45) is 17.3 Å². The minimum Gasteiger partial charge on any atom is -0.390 e. The summed E-state index contributed by atoms with van der Waals surface area (Å²) < 4.78 is 6.18. The van der Waals surface area contributed by atoms with Crippen LogP contribution in [0.15, 0.2) is 23.3 Å². The predicted octanol–water partition coefficient (Wildman–Crippen LogP) is 3.89. The molecule has 31 heavy (non-hydrogen) atoms. The molecule has 3 fully saturated rings. The Balaban J connectivity index is 1.68. The number of aliphatic hydroxyl groups is 4. The van der Waals surface area contributed by atoms with E-state index >= 15 is 0 Å². The highest BCUT2D eigenvalue weighted by Crippen LogP contribution is 2.58. The van der Waals surface area contributed by atoms with Gasteiger partial charge in [-0.3, -0.25) is 0 Å². The number of hydrogen-bond acceptors (Lipinski definition) is 5. The normalized spacial score (nSPS) is 41.3. The fourth-order valence-electron chi connectivity index (χ4n) is 6.24. The third kappa shape index (κ3) is 5.44. The second kappa shape index (κ2) is 9.26. The Hall–Kier alpha value is -0.720. The highest BCUT2D eigenvalue weighted by molar-refractivity contribution is 5.27. The Bertz CT molecular complexity index is 672. The SMILES string of the molecule is C[C@@H](OCCC(C)(C)O)C1CCC2C(=CC=C3C[C@@H](O)C(C)(O)[C@H](O)C3)CCCC21C. The second-order valence-corrected chi connectivity index (χ2v) is 11.5. The van der Waals surface area contributed by atoms with Gasteiger partial charge in [0.25, 0.3) is 0 Å². The van der Waals surface area contributed by atoms with E-state index in [0.29, 0.717) is 37.7 Å². The number of hydrogen-bond donors (Lipinski definition) is 4. The average Bonchev–Trinajstić information content (AvgIpc) is 3.01. The molecular formula is C26H44O5. The first-order valence-electron chi connectivity index (χ1n) is 12.2. The molecule has 3 unspecified atom stereocenters. The summed E-state index contributed by atoms with van der Waals surface area (Å²) >= 11 is 0. The molecule has 4 N–H and O–H groups in total. The topological polar surface area (TPSA) is 90.2 Å². The smallest absolute Gasteiger partial charge is 0.114 e. The molecule has 6 atom stereocenters. The van der Waals surface area contributed by atoms with E-state index in [-0.39, 0.29) is 11.5 Å². The van der Waals surface area contributed by atoms with E-state index in [1.54, 1.807) is 0 Å². The van der Waals surface area contributed by atoms with Crippen LogP contribution in [0.25, 0.3) is 0 Å². The largest absolute Gasteiger partial charge is 0.390 e. The van der Waals surface area contributed by atoms with Crippen molar-refractivity contribution in [2.75, 3.05) is 6.61 Å². The lowest BCUT2D eigenvalue weighted by Gasteiger charge is -2.44. The molecule has 0 radical (unpaired) electrons. The molecule has 0 heterocycles. The summed E-state index contributed by atoms with van der Waals surface area (Å²) in [6, 6.07) is 0. The van der Waals surface area contributed by atoms with Crippen molar-refractivity contribution in [3.05, 3.63) is 23.3 Å². The van der Waals surface area contributed by atoms with Gasteiger partial charge in [0.15, 0.2) is 0 Å². The maximum atomic E-state index is 10.2. The first-order chi connectivity index (χ1) is 14.3. The van der Waals surface area contributed by atoms with Crippen molar-refractivity contribution < 1.29 is 25.2 Å². The van der Waals surface area contributed by atoms with Crippen LogP contribution in [0.5, 0.6) is 0 Å². The van der Waals surface area contributed by atoms with Gasteiger partial charge in [0, 0.05) is 6.61 Å². The second-order valence-electron chi connectivity index (χ2n) is 11.5. The number of fused-ring (bicyclic) bond motifs is 1. The van der Waals surface area contributed by atoms with E-state index in [1.807, 2.05) is 13.8 Å². The summed E-state index contributed by atoms with van der Waals surface area (Å²) in [5.41, 5.74) is 0.585. The van der Waals surface area contributed by atoms with Crippen LogP contribution in [0.4, 0.5) is 0 Å². The quantitative estimate of drug-likeness (QED) is 0.507. The lowest BCUT2D eigenvalue weighted by Crippen LogP contribution is -2.52. The Morgan fingerprint density at radius 3 is 2.39 bits per heavy atom. The van der Waals surface area contributed by atoms with Crippen LogP contribution in [0.2, 0.25) is 0 Å². The molecule has 0 aliphatic heterocycles. The van der Waals surface area contributed by atoms with Crippen LogP contribution in [-0.2, 0) is 4.74 Å². The van der Waals surface area contributed by atoms with Crippen LogP contribution >= 0.6 is 0 Å². The van der Waals surface area contributed by atoms with E-state index in [9.17, 15) is 20.4 Å². The van der Waals surface area contributed by atoms with Gasteiger partial charge in [-0.25, -0.2) is 0 Å². The van der Waals surface area contributed by atoms with Crippen molar-refractivity contribution in [1.82, 2.24) is 0 Å². The summed E-state index contributed by atoms with van der Waals surface area (Å²) in [4.78, 5) is 0. The number of rotatable bonds is 6. The van der Waals surface area contributed by atoms with Gasteiger partial charge in [-0.05, 0) is 96.3 Å². The Labute approximate surface area is 188 Å². The molecule has 0 aromatic carbocycles. The summed E-state index contributed by atoms with van der Waals surface area (Å²) in [5, 5.41) is 40.6. The van der Waals surface area contributed by atoms with Crippen molar-refractivity contribution in [1.29, 1.82) is 0 Å². The molecule has 3 aliphatic carbocycles. The molecular weight excluding hydrogens is 392 g/mol. The van der Waals surface area contributed by atoms with Gasteiger partial charge in [-0.2, -0.15) is 0 Å². The zero-order valence-electron chi connectivity index (χ0n) is 20.1. The summed E-state index contributed by atoms with van der Waals surface area (Å²) in [7, 11) is 0. The summed E-state index contributed by atoms with van der Waals surface area (Å²) in [6.07, 6.45) is 9.93. The molecule has 5 nitrogen and oxygen atoms in total. The summed E-state index contributed by atoms with van der Waals surface area (Å²) in [5.74, 6) is 1.06. The van der Waals surface area contributed by atoms with Crippen LogP contribution in [0.3, 0.4) is 0 Å². The van der Waals surface area contributed by atoms with Crippen LogP contribution in [-0.4, -0.2) is 56.5 Å². The minimum atomic E-state index is -1.44. The van der Waals surface area contributed by atoms with E-state index < -0.39 is 23.4 Å². The van der Waals surface area contributed by atoms with Gasteiger partial charge < -0.3 is 25.2 Å². The molecule has 0 saturated heterocycles. The predicted molar refractivity (Wildman–Crippen MR) is 123 cm³/mol. The lowest BCUT2D eigenvalue weighted by molar-refractivity contribution is -0.144. The van der Waals surface area contributed by atoms with Crippen molar-refractivity contribution in [2.45, 2.75) is 115 Å². The molecule has 3 saturated carbocycles. The van der Waals surface area contributed by atoms with E-state index in [0.717, 1.165) is 12.0 Å². The zero-order chi connectivity index (χ0) is 23.0. The van der Waals surface area contributed by atoms with E-state index in [1.165, 1.54) is 38.2 Å². The Kier molecular flexibility index (Phi) is 7.44. The van der Waals surface area contributed by atoms with Crippen molar-refractivity contribution >= 4 is 0 Å². The van der Waals surface area contributed by atoms with Crippen LogP contribution < -0.4 is 0 Å². The molecule has 178 valence electrons. The highest BCUT2D eigenvalue weighted by atomic mass is 16.5. The molecule has 0 aromatic heterocycles. The molecule has 0 amide bonds. The zero-order valence-corrected chi connectivity index (χ0v) is 20.1. The Morgan fingerprint density at radius 1 is 1.13 bits per heavy atom. The maximum Gasteiger partial charge on any atom is 0.114 e. The highest BCUT2D eigenvalue weighted by Gasteiger charge is 2.51. The molecule has 0 bridgehead atoms. The molecule has 0 spiro atoms. The number of ether oxygens (including phenoxy) is 1. The first-order valence-corrected chi connectivity index (χ1v) is 12.2. The van der Waals surface area contributed by atoms with Gasteiger partial charge >= 0.3 is 0 Å². The van der Waals surface area contributed by atoms with Gasteiger partial charge in [-0.1, -0.05) is 30.2 Å². The van der Waals surface area contributed by atoms with Crippen molar-refractivity contribution in [3.63, 3.8) is 0 Å². The van der Waals surface area contributed by atoms with Gasteiger partial charge in [0.2, 0.25) is 0 Å². The lowest BCUT2D eigenvalue weighted by atomic mass is 9.62. The summed E-state index contributed by atoms with van der Waals surface area (Å²) in [6.45, 7) is 10.4. The average molecular weight is 437 g/mol. The third-order valence-corrected chi connectivity index (χ3v) is 8.49. The fourth-order valence-corrected chi connectivity index (χ4v) is 6.24. The van der Waals surface area contributed by atoms with Crippen molar-refractivity contribution in [3.8, 4) is 0 Å². The molecule has 0 aromatic rings. The van der Waals surface area contributed by atoms with Gasteiger partial charge in [0.05, 0.1) is 23.9 Å². The maximum absolute atomic E-state index is 10.2. The molecule has 3 aliphatic rings. The number of allylic oxidation sites excluding steroid dienone is 3. The number of aliphatic hydroxyl groups excluding tert-OH is 2. The monoisotopic (exact) mass is 436 g/mol. The molecule has 3 rings (SSSR count).